The molecule has 4 aromatic rings. The fourth-order valence-corrected chi connectivity index (χ4v) is 3.63. The van der Waals surface area contributed by atoms with E-state index in [0.717, 1.165) is 23.0 Å². The van der Waals surface area contributed by atoms with Gasteiger partial charge in [-0.3, -0.25) is 9.97 Å². The van der Waals surface area contributed by atoms with Gasteiger partial charge in [0.2, 0.25) is 0 Å². The minimum Gasteiger partial charge on any atom is -0.341 e. The second-order valence-corrected chi connectivity index (χ2v) is 6.78. The molecule has 0 spiro atoms. The summed E-state index contributed by atoms with van der Waals surface area (Å²) in [6.45, 7) is 0.799. The molecule has 0 aliphatic heterocycles. The Morgan fingerprint density at radius 2 is 2.05 bits per heavy atom. The molecule has 0 saturated carbocycles. The number of halogens is 2. The van der Waals surface area contributed by atoms with Crippen LogP contribution in [0.15, 0.2) is 55.1 Å². The van der Waals surface area contributed by atoms with E-state index in [-0.39, 0.29) is 0 Å². The van der Waals surface area contributed by atoms with Crippen LogP contribution in [0.2, 0.25) is 5.02 Å². The Kier molecular flexibility index (Phi) is 3.50. The largest absolute Gasteiger partial charge is 0.341 e. The normalized spacial score (nSPS) is 11.4. The van der Waals surface area contributed by atoms with Crippen molar-refractivity contribution in [2.24, 2.45) is 0 Å². The average molecular weight is 420 g/mol. The summed E-state index contributed by atoms with van der Waals surface area (Å²) in [4.78, 5) is 8.57. The molecule has 0 atom stereocenters. The molecule has 0 aliphatic rings. The van der Waals surface area contributed by atoms with Crippen LogP contribution in [0.5, 0.6) is 0 Å². The Morgan fingerprint density at radius 3 is 2.95 bits per heavy atom. The van der Waals surface area contributed by atoms with Gasteiger partial charge < -0.3 is 4.57 Å². The predicted octanol–water partition coefficient (Wildman–Crippen LogP) is 4.89. The number of benzene rings is 1. The van der Waals surface area contributed by atoms with E-state index in [0.29, 0.717) is 5.02 Å². The Hall–Kier alpha value is -1.66. The Morgan fingerprint density at radius 1 is 1.14 bits per heavy atom. The Balaban J connectivity index is 1.79. The van der Waals surface area contributed by atoms with Crippen LogP contribution < -0.4 is 0 Å². The number of rotatable bonds is 2. The highest BCUT2D eigenvalue weighted by Crippen LogP contribution is 2.24. The molecule has 3 nitrogen and oxygen atoms in total. The molecule has 22 heavy (non-hydrogen) atoms. The second kappa shape index (κ2) is 5.52. The minimum atomic E-state index is 0.662. The molecule has 0 radical (unpaired) electrons. The maximum Gasteiger partial charge on any atom is 0.0703 e. The van der Waals surface area contributed by atoms with E-state index >= 15 is 0 Å². The van der Waals surface area contributed by atoms with Gasteiger partial charge in [-0.2, -0.15) is 0 Å². The molecule has 0 unspecified atom stereocenters. The van der Waals surface area contributed by atoms with E-state index in [1.165, 1.54) is 14.5 Å². The SMILES string of the molecule is Clc1cnc2ccc(Cn3cc(I)c4ccncc43)cc2c1. The first kappa shape index (κ1) is 14.0. The summed E-state index contributed by atoms with van der Waals surface area (Å²) in [7, 11) is 0. The topological polar surface area (TPSA) is 30.7 Å². The lowest BCUT2D eigenvalue weighted by molar-refractivity contribution is 0.834. The minimum absolute atomic E-state index is 0.662. The molecule has 0 saturated heterocycles. The van der Waals surface area contributed by atoms with E-state index in [1.54, 1.807) is 6.20 Å². The van der Waals surface area contributed by atoms with Crippen LogP contribution in [-0.4, -0.2) is 14.5 Å². The highest BCUT2D eigenvalue weighted by molar-refractivity contribution is 14.1. The third-order valence-corrected chi connectivity index (χ3v) is 4.77. The summed E-state index contributed by atoms with van der Waals surface area (Å²) in [5.74, 6) is 0. The molecule has 1 aromatic carbocycles. The van der Waals surface area contributed by atoms with Gasteiger partial charge >= 0.3 is 0 Å². The molecule has 0 amide bonds. The van der Waals surface area contributed by atoms with E-state index < -0.39 is 0 Å². The number of aromatic nitrogens is 3. The molecule has 3 heterocycles. The zero-order chi connectivity index (χ0) is 15.1. The van der Waals surface area contributed by atoms with Crippen molar-refractivity contribution in [2.45, 2.75) is 6.54 Å². The van der Waals surface area contributed by atoms with Gasteiger partial charge in [0.1, 0.15) is 0 Å². The first-order valence-corrected chi connectivity index (χ1v) is 8.29. The van der Waals surface area contributed by atoms with E-state index in [4.69, 9.17) is 11.6 Å². The highest BCUT2D eigenvalue weighted by Gasteiger charge is 2.07. The quantitative estimate of drug-likeness (QED) is 0.433. The van der Waals surface area contributed by atoms with Crippen molar-refractivity contribution in [1.29, 1.82) is 0 Å². The van der Waals surface area contributed by atoms with Gasteiger partial charge in [0.25, 0.3) is 0 Å². The summed E-state index contributed by atoms with van der Waals surface area (Å²) >= 11 is 8.40. The second-order valence-electron chi connectivity index (χ2n) is 5.18. The van der Waals surface area contributed by atoms with Crippen LogP contribution in [0.3, 0.4) is 0 Å². The van der Waals surface area contributed by atoms with Crippen molar-refractivity contribution in [3.63, 3.8) is 0 Å². The lowest BCUT2D eigenvalue weighted by Gasteiger charge is -2.07. The summed E-state index contributed by atoms with van der Waals surface area (Å²) in [6.07, 6.45) is 7.58. The van der Waals surface area contributed by atoms with Crippen LogP contribution in [0.4, 0.5) is 0 Å². The van der Waals surface area contributed by atoms with Gasteiger partial charge in [-0.1, -0.05) is 17.7 Å². The van der Waals surface area contributed by atoms with Crippen LogP contribution in [-0.2, 0) is 6.54 Å². The molecule has 0 N–H and O–H groups in total. The lowest BCUT2D eigenvalue weighted by atomic mass is 10.1. The van der Waals surface area contributed by atoms with Gasteiger partial charge in [-0.25, -0.2) is 0 Å². The zero-order valence-corrected chi connectivity index (χ0v) is 14.4. The van der Waals surface area contributed by atoms with Crippen molar-refractivity contribution < 1.29 is 0 Å². The number of hydrogen-bond donors (Lipinski definition) is 0. The summed E-state index contributed by atoms with van der Waals surface area (Å²) in [5.41, 5.74) is 3.33. The molecule has 0 aliphatic carbocycles. The Labute approximate surface area is 146 Å². The third kappa shape index (κ3) is 2.46. The first-order valence-electron chi connectivity index (χ1n) is 6.83. The van der Waals surface area contributed by atoms with Gasteiger partial charge in [-0.05, 0) is 52.4 Å². The molecular weight excluding hydrogens is 409 g/mol. The van der Waals surface area contributed by atoms with E-state index in [2.05, 4.69) is 61.5 Å². The maximum atomic E-state index is 6.04. The molecule has 0 bridgehead atoms. The average Bonchev–Trinajstić information content (AvgIpc) is 2.84. The van der Waals surface area contributed by atoms with E-state index in [1.807, 2.05) is 24.5 Å². The fourth-order valence-electron chi connectivity index (χ4n) is 2.67. The number of pyridine rings is 2. The summed E-state index contributed by atoms with van der Waals surface area (Å²) in [5, 5.41) is 2.96. The third-order valence-electron chi connectivity index (χ3n) is 3.70. The number of nitrogens with zero attached hydrogens (tertiary/aromatic N) is 3. The van der Waals surface area contributed by atoms with Gasteiger partial charge in [0, 0.05) is 39.5 Å². The van der Waals surface area contributed by atoms with Gasteiger partial charge in [0.15, 0.2) is 0 Å². The van der Waals surface area contributed by atoms with E-state index in [9.17, 15) is 0 Å². The standard InChI is InChI=1S/C17H11ClIN3/c18-13-6-12-5-11(1-2-16(12)21-7-13)9-22-10-15(19)14-3-4-20-8-17(14)22/h1-8,10H,9H2. The fraction of sp³-hybridized carbons (Fsp3) is 0.0588. The molecule has 0 fully saturated rings. The number of hydrogen-bond acceptors (Lipinski definition) is 2. The van der Waals surface area contributed by atoms with Crippen molar-refractivity contribution in [2.75, 3.05) is 0 Å². The zero-order valence-electron chi connectivity index (χ0n) is 11.5. The lowest BCUT2D eigenvalue weighted by Crippen LogP contribution is -1.98. The van der Waals surface area contributed by atoms with Crippen molar-refractivity contribution in [3.8, 4) is 0 Å². The molecule has 5 heteroatoms. The van der Waals surface area contributed by atoms with Gasteiger partial charge in [-0.15, -0.1) is 0 Å². The monoisotopic (exact) mass is 419 g/mol. The van der Waals surface area contributed by atoms with Crippen molar-refractivity contribution in [3.05, 3.63) is 69.3 Å². The maximum absolute atomic E-state index is 6.04. The Bertz CT molecular complexity index is 994. The van der Waals surface area contributed by atoms with Crippen LogP contribution in [0.25, 0.3) is 21.8 Å². The molecule has 108 valence electrons. The molecule has 4 rings (SSSR count). The number of fused-ring (bicyclic) bond motifs is 2. The molecular formula is C17H11ClIN3. The first-order chi connectivity index (χ1) is 10.7. The summed E-state index contributed by atoms with van der Waals surface area (Å²) in [6, 6.07) is 10.3. The molecule has 3 aromatic heterocycles. The van der Waals surface area contributed by atoms with Gasteiger partial charge in [0.05, 0.1) is 22.3 Å². The van der Waals surface area contributed by atoms with Crippen molar-refractivity contribution >= 4 is 56.0 Å². The predicted molar refractivity (Wildman–Crippen MR) is 98.3 cm³/mol. The van der Waals surface area contributed by atoms with Crippen LogP contribution >= 0.6 is 34.2 Å². The van der Waals surface area contributed by atoms with Crippen LogP contribution in [0, 0.1) is 3.57 Å². The van der Waals surface area contributed by atoms with Crippen molar-refractivity contribution in [1.82, 2.24) is 14.5 Å². The smallest absolute Gasteiger partial charge is 0.0703 e. The highest BCUT2D eigenvalue weighted by atomic mass is 127. The van der Waals surface area contributed by atoms with Crippen LogP contribution in [0.1, 0.15) is 5.56 Å². The summed E-state index contributed by atoms with van der Waals surface area (Å²) < 4.78 is 3.46.